The summed E-state index contributed by atoms with van der Waals surface area (Å²) in [6, 6.07) is 4.17. The number of hydrogen-bond acceptors (Lipinski definition) is 4. The summed E-state index contributed by atoms with van der Waals surface area (Å²) < 4.78 is 15.4. The number of nitrogen functional groups attached to an aromatic ring is 1. The van der Waals surface area contributed by atoms with Crippen molar-refractivity contribution in [3.8, 4) is 0 Å². The minimum atomic E-state index is -0.746. The van der Waals surface area contributed by atoms with E-state index >= 15 is 0 Å². The molecule has 0 unspecified atom stereocenters. The number of unbranched alkanes of at least 4 members (excludes halogenated alkanes) is 2. The number of H-pyrrole nitrogens is 1. The summed E-state index contributed by atoms with van der Waals surface area (Å²) >= 11 is 6.05. The van der Waals surface area contributed by atoms with Crippen molar-refractivity contribution < 1.29 is 9.18 Å². The van der Waals surface area contributed by atoms with Crippen LogP contribution in [0.2, 0.25) is 5.02 Å². The second-order valence-corrected chi connectivity index (χ2v) is 7.18. The van der Waals surface area contributed by atoms with Crippen LogP contribution in [0.5, 0.6) is 0 Å². The van der Waals surface area contributed by atoms with Gasteiger partial charge >= 0.3 is 5.69 Å². The predicted molar refractivity (Wildman–Crippen MR) is 113 cm³/mol. The minimum Gasteiger partial charge on any atom is -0.383 e. The van der Waals surface area contributed by atoms with Crippen molar-refractivity contribution in [1.82, 2.24) is 9.55 Å². The highest BCUT2D eigenvalue weighted by Gasteiger charge is 2.25. The summed E-state index contributed by atoms with van der Waals surface area (Å²) in [6.45, 7) is 4.43. The van der Waals surface area contributed by atoms with Crippen molar-refractivity contribution in [2.75, 3.05) is 17.2 Å². The molecule has 158 valence electrons. The van der Waals surface area contributed by atoms with E-state index in [0.717, 1.165) is 12.8 Å². The Bertz CT molecular complexity index is 966. The van der Waals surface area contributed by atoms with Crippen LogP contribution in [-0.2, 0) is 17.8 Å². The van der Waals surface area contributed by atoms with Gasteiger partial charge in [-0.15, -0.1) is 0 Å². The maximum absolute atomic E-state index is 14.2. The van der Waals surface area contributed by atoms with Gasteiger partial charge in [-0.3, -0.25) is 19.1 Å². The van der Waals surface area contributed by atoms with E-state index in [1.165, 1.54) is 27.7 Å². The van der Waals surface area contributed by atoms with Crippen molar-refractivity contribution in [2.24, 2.45) is 0 Å². The first kappa shape index (κ1) is 22.7. The highest BCUT2D eigenvalue weighted by atomic mass is 35.5. The molecule has 1 amide bonds. The summed E-state index contributed by atoms with van der Waals surface area (Å²) in [5.41, 5.74) is 4.73. The van der Waals surface area contributed by atoms with Crippen molar-refractivity contribution >= 4 is 29.0 Å². The number of anilines is 2. The molecule has 0 aliphatic heterocycles. The van der Waals surface area contributed by atoms with Crippen molar-refractivity contribution in [2.45, 2.75) is 52.5 Å². The largest absolute Gasteiger partial charge is 0.383 e. The van der Waals surface area contributed by atoms with Gasteiger partial charge in [0, 0.05) is 23.7 Å². The molecule has 3 N–H and O–H groups in total. The second kappa shape index (κ2) is 10.2. The number of amides is 1. The van der Waals surface area contributed by atoms with Crippen molar-refractivity contribution in [3.05, 3.63) is 55.4 Å². The summed E-state index contributed by atoms with van der Waals surface area (Å²) in [6.07, 6.45) is 2.54. The molecule has 0 saturated carbocycles. The topological polar surface area (TPSA) is 101 Å². The number of nitrogens with zero attached hydrogens (tertiary/aromatic N) is 2. The summed E-state index contributed by atoms with van der Waals surface area (Å²) in [7, 11) is 0. The zero-order valence-corrected chi connectivity index (χ0v) is 17.4. The minimum absolute atomic E-state index is 0.0509. The quantitative estimate of drug-likeness (QED) is 0.645. The third-order valence-corrected chi connectivity index (χ3v) is 5.00. The number of aromatic amines is 1. The van der Waals surface area contributed by atoms with Gasteiger partial charge in [-0.1, -0.05) is 44.4 Å². The van der Waals surface area contributed by atoms with Gasteiger partial charge in [0.25, 0.3) is 5.56 Å². The van der Waals surface area contributed by atoms with Crippen LogP contribution in [0, 0.1) is 5.82 Å². The van der Waals surface area contributed by atoms with Crippen LogP contribution in [0.1, 0.15) is 45.1 Å². The van der Waals surface area contributed by atoms with Gasteiger partial charge in [-0.05, 0) is 25.0 Å². The maximum atomic E-state index is 14.2. The van der Waals surface area contributed by atoms with Crippen LogP contribution in [0.4, 0.5) is 15.9 Å². The summed E-state index contributed by atoms with van der Waals surface area (Å²) in [5.74, 6) is -1.20. The molecule has 0 atom stereocenters. The van der Waals surface area contributed by atoms with Gasteiger partial charge in [0.05, 0.1) is 6.42 Å². The zero-order valence-electron chi connectivity index (χ0n) is 16.6. The van der Waals surface area contributed by atoms with E-state index in [-0.39, 0.29) is 35.1 Å². The molecule has 1 aromatic carbocycles. The number of rotatable bonds is 9. The molecule has 0 aliphatic carbocycles. The van der Waals surface area contributed by atoms with E-state index in [4.69, 9.17) is 17.3 Å². The molecule has 1 heterocycles. The number of carbonyl (C=O) groups excluding carboxylic acids is 1. The third-order valence-electron chi connectivity index (χ3n) is 4.65. The number of hydrogen-bond donors (Lipinski definition) is 2. The highest BCUT2D eigenvalue weighted by Crippen LogP contribution is 2.23. The van der Waals surface area contributed by atoms with Crippen LogP contribution in [0.3, 0.4) is 0 Å². The van der Waals surface area contributed by atoms with E-state index in [0.29, 0.717) is 19.4 Å². The second-order valence-electron chi connectivity index (χ2n) is 6.77. The summed E-state index contributed by atoms with van der Waals surface area (Å²) in [5, 5.41) is 0.128. The van der Waals surface area contributed by atoms with Gasteiger partial charge in [-0.25, -0.2) is 9.18 Å². The van der Waals surface area contributed by atoms with E-state index in [1.807, 2.05) is 13.8 Å². The number of benzene rings is 1. The average molecular weight is 425 g/mol. The van der Waals surface area contributed by atoms with Crippen LogP contribution in [0.25, 0.3) is 0 Å². The Morgan fingerprint density at radius 3 is 2.55 bits per heavy atom. The maximum Gasteiger partial charge on any atom is 0.330 e. The Morgan fingerprint density at radius 1 is 1.24 bits per heavy atom. The number of nitrogens with one attached hydrogen (secondary N) is 1. The molecule has 0 saturated heterocycles. The van der Waals surface area contributed by atoms with Gasteiger partial charge in [0.2, 0.25) is 5.91 Å². The molecule has 2 aromatic rings. The standard InChI is InChI=1S/C20H26ClFN4O3/c1-3-5-10-25(16(27)12-13-14(21)8-7-9-15(13)22)17-18(23)26(11-6-4-2)20(29)24-19(17)28/h7-9H,3-6,10-12,23H2,1-2H3,(H,24,28,29). The monoisotopic (exact) mass is 424 g/mol. The lowest BCUT2D eigenvalue weighted by atomic mass is 10.1. The van der Waals surface area contributed by atoms with Crippen LogP contribution in [0.15, 0.2) is 27.8 Å². The Hall–Kier alpha value is -2.61. The molecule has 0 bridgehead atoms. The molecule has 0 fully saturated rings. The van der Waals surface area contributed by atoms with Crippen LogP contribution < -0.4 is 21.9 Å². The number of aromatic nitrogens is 2. The smallest absolute Gasteiger partial charge is 0.330 e. The lowest BCUT2D eigenvalue weighted by molar-refractivity contribution is -0.118. The molecule has 0 aliphatic rings. The third kappa shape index (κ3) is 5.26. The number of carbonyl (C=O) groups is 1. The van der Waals surface area contributed by atoms with Gasteiger partial charge < -0.3 is 10.6 Å². The van der Waals surface area contributed by atoms with Crippen LogP contribution >= 0.6 is 11.6 Å². The molecule has 0 spiro atoms. The lowest BCUT2D eigenvalue weighted by Gasteiger charge is -2.25. The van der Waals surface area contributed by atoms with E-state index in [9.17, 15) is 18.8 Å². The van der Waals surface area contributed by atoms with E-state index in [1.54, 1.807) is 0 Å². The molecular formula is C20H26ClFN4O3. The average Bonchev–Trinajstić information content (AvgIpc) is 2.67. The fourth-order valence-electron chi connectivity index (χ4n) is 3.00. The predicted octanol–water partition coefficient (Wildman–Crippen LogP) is 3.09. The Balaban J connectivity index is 2.51. The molecule has 1 aromatic heterocycles. The fraction of sp³-hybridized carbons (Fsp3) is 0.450. The van der Waals surface area contributed by atoms with E-state index < -0.39 is 23.0 Å². The highest BCUT2D eigenvalue weighted by molar-refractivity contribution is 6.31. The molecule has 7 nitrogen and oxygen atoms in total. The van der Waals surface area contributed by atoms with Gasteiger partial charge in [-0.2, -0.15) is 0 Å². The molecular weight excluding hydrogens is 399 g/mol. The number of halogens is 2. The first-order chi connectivity index (χ1) is 13.8. The van der Waals surface area contributed by atoms with Crippen LogP contribution in [-0.4, -0.2) is 22.0 Å². The lowest BCUT2D eigenvalue weighted by Crippen LogP contribution is -2.42. The summed E-state index contributed by atoms with van der Waals surface area (Å²) in [4.78, 5) is 41.2. The van der Waals surface area contributed by atoms with Gasteiger partial charge in [0.1, 0.15) is 11.6 Å². The Morgan fingerprint density at radius 2 is 1.93 bits per heavy atom. The Labute approximate surface area is 173 Å². The SMILES string of the molecule is CCCCN(C(=O)Cc1c(F)cccc1Cl)c1c(N)n(CCCC)c(=O)[nH]c1=O. The normalized spacial score (nSPS) is 10.9. The number of nitrogens with two attached hydrogens (primary N) is 1. The molecule has 0 radical (unpaired) electrons. The zero-order chi connectivity index (χ0) is 21.6. The van der Waals surface area contributed by atoms with Gasteiger partial charge in [0.15, 0.2) is 5.69 Å². The van der Waals surface area contributed by atoms with Crippen molar-refractivity contribution in [1.29, 1.82) is 0 Å². The van der Waals surface area contributed by atoms with E-state index in [2.05, 4.69) is 4.98 Å². The fourth-order valence-corrected chi connectivity index (χ4v) is 3.23. The molecule has 29 heavy (non-hydrogen) atoms. The molecule has 2 rings (SSSR count). The first-order valence-electron chi connectivity index (χ1n) is 9.67. The molecule has 9 heteroatoms. The first-order valence-corrected chi connectivity index (χ1v) is 10.0. The Kier molecular flexibility index (Phi) is 8.01. The van der Waals surface area contributed by atoms with Crippen molar-refractivity contribution in [3.63, 3.8) is 0 Å².